The van der Waals surface area contributed by atoms with E-state index >= 15 is 0 Å². The van der Waals surface area contributed by atoms with E-state index < -0.39 is 17.3 Å². The van der Waals surface area contributed by atoms with Crippen molar-refractivity contribution in [3.05, 3.63) is 49.1 Å². The molecule has 23 heavy (non-hydrogen) atoms. The van der Waals surface area contributed by atoms with Crippen molar-refractivity contribution in [3.8, 4) is 0 Å². The minimum atomic E-state index is -1.10. The van der Waals surface area contributed by atoms with Gasteiger partial charge in [0.1, 0.15) is 6.54 Å². The number of nitrogens with one attached hydrogen (secondary N) is 1. The van der Waals surface area contributed by atoms with Crippen LogP contribution in [-0.2, 0) is 4.79 Å². The maximum Gasteiger partial charge on any atom is 0.244 e. The Balaban J connectivity index is 3.17. The van der Waals surface area contributed by atoms with Gasteiger partial charge >= 0.3 is 0 Å². The summed E-state index contributed by atoms with van der Waals surface area (Å²) in [6, 6.07) is 7.71. The molecule has 0 fully saturated rings. The molecule has 0 heterocycles. The van der Waals surface area contributed by atoms with Gasteiger partial charge in [-0.15, -0.1) is 0 Å². The van der Waals surface area contributed by atoms with E-state index in [9.17, 15) is 9.90 Å². The third kappa shape index (κ3) is 4.53. The molecule has 0 radical (unpaired) electrons. The molecule has 5 heteroatoms. The largest absolute Gasteiger partial charge is 0.856 e. The molecule has 0 saturated heterocycles. The van der Waals surface area contributed by atoms with Crippen LogP contribution in [0.2, 0.25) is 0 Å². The summed E-state index contributed by atoms with van der Waals surface area (Å²) in [4.78, 5) is 11.5. The first-order valence-electron chi connectivity index (χ1n) is 7.49. The molecule has 0 aliphatic rings. The van der Waals surface area contributed by atoms with E-state index in [2.05, 4.69) is 23.6 Å². The zero-order chi connectivity index (χ0) is 17.7. The van der Waals surface area contributed by atoms with E-state index in [0.29, 0.717) is 6.54 Å². The lowest BCUT2D eigenvalue weighted by Gasteiger charge is -2.35. The van der Waals surface area contributed by atoms with Crippen LogP contribution >= 0.6 is 0 Å². The molecule has 0 bridgehead atoms. The quantitative estimate of drug-likeness (QED) is 0.275. The first-order valence-corrected chi connectivity index (χ1v) is 7.49. The molecular formula is C18H25N3O2. The van der Waals surface area contributed by atoms with Crippen molar-refractivity contribution < 1.29 is 9.90 Å². The number of carbonyl (C=O) groups is 1. The van der Waals surface area contributed by atoms with E-state index in [1.54, 1.807) is 19.9 Å². The fourth-order valence-corrected chi connectivity index (χ4v) is 1.98. The highest BCUT2D eigenvalue weighted by atomic mass is 16.3. The topological polar surface area (TPSA) is 64.5 Å². The van der Waals surface area contributed by atoms with Crippen molar-refractivity contribution in [1.29, 1.82) is 0 Å². The Kier molecular flexibility index (Phi) is 5.87. The molecule has 0 aliphatic heterocycles. The van der Waals surface area contributed by atoms with Crippen molar-refractivity contribution in [2.45, 2.75) is 26.3 Å². The second-order valence-corrected chi connectivity index (χ2v) is 5.97. The Labute approximate surface area is 138 Å². The van der Waals surface area contributed by atoms with E-state index in [0.717, 1.165) is 17.3 Å². The van der Waals surface area contributed by atoms with Gasteiger partial charge in [0.15, 0.2) is 5.69 Å². The Morgan fingerprint density at radius 1 is 1.35 bits per heavy atom. The maximum atomic E-state index is 12.5. The van der Waals surface area contributed by atoms with Gasteiger partial charge in [0.2, 0.25) is 5.91 Å². The number of hydrogen-bond donors (Lipinski definition) is 1. The first kappa shape index (κ1) is 18.6. The summed E-state index contributed by atoms with van der Waals surface area (Å²) in [6.07, 6.45) is 2.90. The summed E-state index contributed by atoms with van der Waals surface area (Å²) >= 11 is 0. The summed E-state index contributed by atoms with van der Waals surface area (Å²) in [7, 11) is 1.85. The summed E-state index contributed by atoms with van der Waals surface area (Å²) in [5.41, 5.74) is 0.791. The highest BCUT2D eigenvalue weighted by Gasteiger charge is 2.27. The zero-order valence-electron chi connectivity index (χ0n) is 14.3. The molecule has 0 spiro atoms. The number of benzene rings is 1. The van der Waals surface area contributed by atoms with Gasteiger partial charge in [0.05, 0.1) is 12.6 Å². The van der Waals surface area contributed by atoms with Gasteiger partial charge in [-0.25, -0.2) is 0 Å². The van der Waals surface area contributed by atoms with E-state index in [1.807, 2.05) is 38.2 Å². The smallest absolute Gasteiger partial charge is 0.244 e. The van der Waals surface area contributed by atoms with Crippen LogP contribution in [0.15, 0.2) is 48.6 Å². The molecule has 5 nitrogen and oxygen atoms in total. The highest BCUT2D eigenvalue weighted by molar-refractivity contribution is 5.93. The zero-order valence-corrected chi connectivity index (χ0v) is 14.3. The molecule has 124 valence electrons. The van der Waals surface area contributed by atoms with Crippen molar-refractivity contribution in [2.75, 3.05) is 13.6 Å². The molecule has 1 aromatic rings. The molecule has 1 amide bonds. The number of hydrogen-bond acceptors (Lipinski definition) is 3. The SMILES string of the molecule is C=CC(=O)NC(C)(C)/C([O-])=N/[N@@+](C)(CC)c1ccc(C=C)cc1. The fourth-order valence-electron chi connectivity index (χ4n) is 1.98. The van der Waals surface area contributed by atoms with Crippen LogP contribution in [0.4, 0.5) is 5.69 Å². The molecule has 0 unspecified atom stereocenters. The Hall–Kier alpha value is -2.40. The minimum Gasteiger partial charge on any atom is -0.856 e. The molecule has 0 saturated carbocycles. The Bertz CT molecular complexity index is 618. The Morgan fingerprint density at radius 2 is 1.91 bits per heavy atom. The van der Waals surface area contributed by atoms with Gasteiger partial charge in [-0.1, -0.05) is 24.3 Å². The van der Waals surface area contributed by atoms with Crippen molar-refractivity contribution in [3.63, 3.8) is 0 Å². The third-order valence-electron chi connectivity index (χ3n) is 3.77. The van der Waals surface area contributed by atoms with E-state index in [1.165, 1.54) is 0 Å². The highest BCUT2D eigenvalue weighted by Crippen LogP contribution is 2.23. The maximum absolute atomic E-state index is 12.5. The van der Waals surface area contributed by atoms with Crippen molar-refractivity contribution in [1.82, 2.24) is 9.91 Å². The fraction of sp³-hybridized carbons (Fsp3) is 0.333. The van der Waals surface area contributed by atoms with Gasteiger partial charge < -0.3 is 10.4 Å². The van der Waals surface area contributed by atoms with Crippen molar-refractivity contribution >= 4 is 23.6 Å². The summed E-state index contributed by atoms with van der Waals surface area (Å²) < 4.78 is 0.101. The number of amides is 1. The van der Waals surface area contributed by atoms with Crippen LogP contribution in [-0.4, -0.2) is 30.9 Å². The van der Waals surface area contributed by atoms with Gasteiger partial charge in [-0.05, 0) is 44.5 Å². The standard InChI is InChI=1S/C18H25N3O2/c1-7-14-10-12-15(13-11-14)21(6,9-3)20-17(23)18(4,5)19-16(22)8-2/h7-8,10-13H,1-2,9H2,3-6H3,(H-,19,20,22,23)/t21-/m0/s1. The predicted molar refractivity (Wildman–Crippen MR) is 94.6 cm³/mol. The average molecular weight is 315 g/mol. The van der Waals surface area contributed by atoms with Crippen LogP contribution in [0.25, 0.3) is 6.08 Å². The molecule has 0 aliphatic carbocycles. The molecule has 1 rings (SSSR count). The summed E-state index contributed by atoms with van der Waals surface area (Å²) in [5, 5.41) is 19.5. The molecule has 1 aromatic carbocycles. The predicted octanol–water partition coefficient (Wildman–Crippen LogP) is 2.04. The van der Waals surface area contributed by atoms with Gasteiger partial charge in [0, 0.05) is 18.0 Å². The van der Waals surface area contributed by atoms with Crippen LogP contribution in [0.1, 0.15) is 26.3 Å². The van der Waals surface area contributed by atoms with E-state index in [4.69, 9.17) is 0 Å². The second kappa shape index (κ2) is 7.24. The summed E-state index contributed by atoms with van der Waals surface area (Å²) in [5.74, 6) is -0.801. The lowest BCUT2D eigenvalue weighted by molar-refractivity contribution is -0.227. The van der Waals surface area contributed by atoms with Gasteiger partial charge in [-0.3, -0.25) is 4.79 Å². The number of rotatable bonds is 7. The average Bonchev–Trinajstić information content (AvgIpc) is 2.54. The van der Waals surface area contributed by atoms with Crippen LogP contribution in [0.5, 0.6) is 0 Å². The molecule has 1 N–H and O–H groups in total. The number of nitrogens with zero attached hydrogens (tertiary/aromatic N) is 2. The lowest BCUT2D eigenvalue weighted by Crippen LogP contribution is -2.56. The van der Waals surface area contributed by atoms with E-state index in [-0.39, 0.29) is 4.59 Å². The normalized spacial score (nSPS) is 14.7. The molecular weight excluding hydrogens is 290 g/mol. The lowest BCUT2D eigenvalue weighted by atomic mass is 10.1. The molecule has 0 aromatic heterocycles. The number of carbonyl (C=O) groups excluding carboxylic acids is 1. The van der Waals surface area contributed by atoms with Crippen LogP contribution in [0, 0.1) is 0 Å². The third-order valence-corrected chi connectivity index (χ3v) is 3.77. The van der Waals surface area contributed by atoms with Gasteiger partial charge in [-0.2, -0.15) is 4.59 Å². The van der Waals surface area contributed by atoms with Crippen molar-refractivity contribution in [2.24, 2.45) is 5.10 Å². The van der Waals surface area contributed by atoms with Gasteiger partial charge in [0.25, 0.3) is 0 Å². The first-order chi connectivity index (χ1) is 10.7. The molecule has 1 atom stereocenters. The monoisotopic (exact) mass is 315 g/mol. The summed E-state index contributed by atoms with van der Waals surface area (Å²) in [6.45, 7) is 12.9. The van der Waals surface area contributed by atoms with Crippen LogP contribution in [0.3, 0.4) is 0 Å². The second-order valence-electron chi connectivity index (χ2n) is 5.97. The minimum absolute atomic E-state index is 0.101. The Morgan fingerprint density at radius 3 is 2.35 bits per heavy atom. The van der Waals surface area contributed by atoms with Crippen LogP contribution < -0.4 is 15.0 Å². The number of quaternary nitrogens is 1.